The lowest BCUT2D eigenvalue weighted by molar-refractivity contribution is -0.184. The van der Waals surface area contributed by atoms with Gasteiger partial charge in [-0.1, -0.05) is 66.7 Å². The predicted molar refractivity (Wildman–Crippen MR) is 127 cm³/mol. The zero-order valence-corrected chi connectivity index (χ0v) is 19.4. The minimum absolute atomic E-state index is 0.255. The van der Waals surface area contributed by atoms with Crippen molar-refractivity contribution in [2.45, 2.75) is 25.4 Å². The molecule has 4 atom stereocenters. The summed E-state index contributed by atoms with van der Waals surface area (Å²) in [5.41, 5.74) is 0.715. The number of esters is 3. The standard InChI is InChI=1S/C28H28O6/c1-4-11-21-16-20-17-22(25(29)32-2)23(18-12-7-5-8-13-18)24(19-14-9-6-10-15-19)28(20,26(30)33-3)27(31)34-21/h4-10,12-15,20-22H,1,11,16-17H2,2-3H3/t20-,21?,22+,28-/m1/s1. The largest absolute Gasteiger partial charge is 0.469 e. The molecule has 0 radical (unpaired) electrons. The molecule has 2 aliphatic rings. The predicted octanol–water partition coefficient (Wildman–Crippen LogP) is 4.46. The van der Waals surface area contributed by atoms with Crippen molar-refractivity contribution in [3.8, 4) is 0 Å². The zero-order valence-electron chi connectivity index (χ0n) is 19.4. The normalized spacial score (nSPS) is 26.2. The van der Waals surface area contributed by atoms with Crippen molar-refractivity contribution in [2.75, 3.05) is 14.2 Å². The van der Waals surface area contributed by atoms with Crippen LogP contribution in [0.1, 0.15) is 30.4 Å². The average Bonchev–Trinajstić information content (AvgIpc) is 2.87. The molecule has 6 heteroatoms. The third-order valence-corrected chi connectivity index (χ3v) is 6.86. The molecule has 1 heterocycles. The van der Waals surface area contributed by atoms with Crippen LogP contribution in [0, 0.1) is 17.3 Å². The highest BCUT2D eigenvalue weighted by Crippen LogP contribution is 2.59. The molecule has 1 unspecified atom stereocenters. The van der Waals surface area contributed by atoms with Crippen LogP contribution in [-0.2, 0) is 28.6 Å². The minimum Gasteiger partial charge on any atom is -0.469 e. The first-order valence-corrected chi connectivity index (χ1v) is 11.3. The number of benzene rings is 2. The Morgan fingerprint density at radius 1 is 1.00 bits per heavy atom. The smallest absolute Gasteiger partial charge is 0.328 e. The second-order valence-electron chi connectivity index (χ2n) is 8.62. The molecule has 2 aromatic rings. The first-order chi connectivity index (χ1) is 16.5. The van der Waals surface area contributed by atoms with Crippen LogP contribution in [0.15, 0.2) is 73.3 Å². The number of fused-ring (bicyclic) bond motifs is 1. The Morgan fingerprint density at radius 2 is 1.62 bits per heavy atom. The molecule has 176 valence electrons. The van der Waals surface area contributed by atoms with Gasteiger partial charge in [0.1, 0.15) is 6.10 Å². The molecule has 0 amide bonds. The summed E-state index contributed by atoms with van der Waals surface area (Å²) in [4.78, 5) is 40.6. The van der Waals surface area contributed by atoms with Crippen molar-refractivity contribution >= 4 is 29.1 Å². The summed E-state index contributed by atoms with van der Waals surface area (Å²) in [6, 6.07) is 18.5. The topological polar surface area (TPSA) is 78.9 Å². The first kappa shape index (κ1) is 23.5. The van der Waals surface area contributed by atoms with Crippen LogP contribution in [0.4, 0.5) is 0 Å². The number of ether oxygens (including phenoxy) is 3. The number of carbonyl (C=O) groups excluding carboxylic acids is 3. The van der Waals surface area contributed by atoms with E-state index in [0.717, 1.165) is 5.56 Å². The van der Waals surface area contributed by atoms with E-state index in [1.165, 1.54) is 14.2 Å². The Morgan fingerprint density at radius 3 is 2.18 bits per heavy atom. The van der Waals surface area contributed by atoms with Crippen molar-refractivity contribution in [3.05, 3.63) is 84.4 Å². The van der Waals surface area contributed by atoms with Crippen LogP contribution in [0.5, 0.6) is 0 Å². The van der Waals surface area contributed by atoms with Gasteiger partial charge in [0.15, 0.2) is 5.41 Å². The summed E-state index contributed by atoms with van der Waals surface area (Å²) in [5, 5.41) is 0. The third-order valence-electron chi connectivity index (χ3n) is 6.86. The Hall–Kier alpha value is -3.67. The number of hydrogen-bond acceptors (Lipinski definition) is 6. The molecule has 1 fully saturated rings. The fourth-order valence-electron chi connectivity index (χ4n) is 5.47. The van der Waals surface area contributed by atoms with Gasteiger partial charge in [-0.3, -0.25) is 14.4 Å². The Kier molecular flexibility index (Phi) is 6.68. The number of rotatable bonds is 6. The van der Waals surface area contributed by atoms with Gasteiger partial charge in [-0.2, -0.15) is 0 Å². The van der Waals surface area contributed by atoms with E-state index < -0.39 is 41.3 Å². The summed E-state index contributed by atoms with van der Waals surface area (Å²) in [5.74, 6) is -2.93. The minimum atomic E-state index is -1.70. The molecule has 1 aliphatic carbocycles. The average molecular weight is 461 g/mol. The summed E-state index contributed by atoms with van der Waals surface area (Å²) in [7, 11) is 2.62. The molecule has 1 saturated heterocycles. The highest BCUT2D eigenvalue weighted by molar-refractivity contribution is 6.19. The van der Waals surface area contributed by atoms with E-state index in [1.807, 2.05) is 60.7 Å². The van der Waals surface area contributed by atoms with Gasteiger partial charge < -0.3 is 14.2 Å². The van der Waals surface area contributed by atoms with E-state index in [0.29, 0.717) is 29.6 Å². The van der Waals surface area contributed by atoms with E-state index in [2.05, 4.69) is 6.58 Å². The molecule has 0 spiro atoms. The lowest BCUT2D eigenvalue weighted by Crippen LogP contribution is -2.56. The third kappa shape index (κ3) is 3.73. The van der Waals surface area contributed by atoms with Crippen LogP contribution in [-0.4, -0.2) is 38.2 Å². The fraction of sp³-hybridized carbons (Fsp3) is 0.321. The summed E-state index contributed by atoms with van der Waals surface area (Å²) < 4.78 is 16.3. The zero-order chi connectivity index (χ0) is 24.3. The van der Waals surface area contributed by atoms with E-state index in [-0.39, 0.29) is 6.42 Å². The molecular weight excluding hydrogens is 432 g/mol. The quantitative estimate of drug-likeness (QED) is 0.274. The van der Waals surface area contributed by atoms with Crippen molar-refractivity contribution in [3.63, 3.8) is 0 Å². The number of methoxy groups -OCH3 is 2. The Bertz CT molecular complexity index is 1120. The maximum absolute atomic E-state index is 13.8. The lowest BCUT2D eigenvalue weighted by Gasteiger charge is -2.49. The van der Waals surface area contributed by atoms with Gasteiger partial charge in [-0.05, 0) is 41.0 Å². The number of cyclic esters (lactones) is 1. The van der Waals surface area contributed by atoms with Gasteiger partial charge in [0.25, 0.3) is 0 Å². The van der Waals surface area contributed by atoms with Gasteiger partial charge in [-0.15, -0.1) is 6.58 Å². The highest BCUT2D eigenvalue weighted by atomic mass is 16.6. The molecule has 0 aromatic heterocycles. The molecule has 6 nitrogen and oxygen atoms in total. The molecule has 0 N–H and O–H groups in total. The van der Waals surface area contributed by atoms with E-state index in [1.54, 1.807) is 6.08 Å². The van der Waals surface area contributed by atoms with Crippen molar-refractivity contribution < 1.29 is 28.6 Å². The summed E-state index contributed by atoms with van der Waals surface area (Å²) in [6.45, 7) is 3.76. The Balaban J connectivity index is 2.11. The summed E-state index contributed by atoms with van der Waals surface area (Å²) >= 11 is 0. The van der Waals surface area contributed by atoms with Crippen molar-refractivity contribution in [1.82, 2.24) is 0 Å². The number of carbonyl (C=O) groups is 3. The maximum Gasteiger partial charge on any atom is 0.328 e. The molecule has 34 heavy (non-hydrogen) atoms. The second-order valence-corrected chi connectivity index (χ2v) is 8.62. The van der Waals surface area contributed by atoms with E-state index in [4.69, 9.17) is 14.2 Å². The van der Waals surface area contributed by atoms with Gasteiger partial charge in [0.05, 0.1) is 20.1 Å². The molecular formula is C28H28O6. The van der Waals surface area contributed by atoms with Crippen molar-refractivity contribution in [1.29, 1.82) is 0 Å². The van der Waals surface area contributed by atoms with Crippen LogP contribution in [0.3, 0.4) is 0 Å². The highest BCUT2D eigenvalue weighted by Gasteiger charge is 2.64. The van der Waals surface area contributed by atoms with Crippen LogP contribution < -0.4 is 0 Å². The van der Waals surface area contributed by atoms with Crippen LogP contribution >= 0.6 is 0 Å². The monoisotopic (exact) mass is 460 g/mol. The lowest BCUT2D eigenvalue weighted by atomic mass is 9.55. The first-order valence-electron chi connectivity index (χ1n) is 11.3. The molecule has 0 bridgehead atoms. The molecule has 4 rings (SSSR count). The summed E-state index contributed by atoms with van der Waals surface area (Å²) in [6.07, 6.45) is 2.37. The fourth-order valence-corrected chi connectivity index (χ4v) is 5.47. The molecule has 2 aromatic carbocycles. The van der Waals surface area contributed by atoms with Crippen molar-refractivity contribution in [2.24, 2.45) is 17.3 Å². The molecule has 0 saturated carbocycles. The maximum atomic E-state index is 13.8. The van der Waals surface area contributed by atoms with Gasteiger partial charge >= 0.3 is 17.9 Å². The number of hydrogen-bond donors (Lipinski definition) is 0. The second kappa shape index (κ2) is 9.67. The molecule has 1 aliphatic heterocycles. The van der Waals surface area contributed by atoms with E-state index in [9.17, 15) is 14.4 Å². The van der Waals surface area contributed by atoms with Crippen LogP contribution in [0.2, 0.25) is 0 Å². The van der Waals surface area contributed by atoms with Crippen LogP contribution in [0.25, 0.3) is 11.1 Å². The van der Waals surface area contributed by atoms with Gasteiger partial charge in [0, 0.05) is 6.42 Å². The van der Waals surface area contributed by atoms with E-state index >= 15 is 0 Å². The van der Waals surface area contributed by atoms with Gasteiger partial charge in [-0.25, -0.2) is 0 Å². The van der Waals surface area contributed by atoms with Gasteiger partial charge in [0.2, 0.25) is 0 Å². The SMILES string of the molecule is C=CCC1C[C@@H]2C[C@H](C(=O)OC)C(c3ccccc3)=C(c3ccccc3)[C@]2(C(=O)OC)C(=O)O1. The Labute approximate surface area is 199 Å².